The third-order valence-electron chi connectivity index (χ3n) is 2.67. The Hall–Kier alpha value is -2.32. The van der Waals surface area contributed by atoms with Crippen molar-refractivity contribution in [2.75, 3.05) is 7.11 Å². The minimum Gasteiger partial charge on any atom is -0.469 e. The summed E-state index contributed by atoms with van der Waals surface area (Å²) in [6.07, 6.45) is -3.28. The molecule has 8 nitrogen and oxygen atoms in total. The monoisotopic (exact) mass is 283 g/mol. The number of nitrogens with zero attached hydrogens (tertiary/aromatic N) is 1. The van der Waals surface area contributed by atoms with Gasteiger partial charge in [-0.1, -0.05) is 6.07 Å². The van der Waals surface area contributed by atoms with E-state index in [1.165, 1.54) is 6.07 Å². The van der Waals surface area contributed by atoms with Gasteiger partial charge in [0, 0.05) is 11.6 Å². The summed E-state index contributed by atoms with van der Waals surface area (Å²) < 4.78 is 4.33. The second-order valence-electron chi connectivity index (χ2n) is 3.99. The smallest absolute Gasteiger partial charge is 0.308 e. The van der Waals surface area contributed by atoms with Gasteiger partial charge >= 0.3 is 5.97 Å². The number of ether oxygens (including phenoxy) is 1. The van der Waals surface area contributed by atoms with Gasteiger partial charge in [0.05, 0.1) is 30.1 Å². The van der Waals surface area contributed by atoms with Gasteiger partial charge in [-0.25, -0.2) is 0 Å². The second-order valence-corrected chi connectivity index (χ2v) is 3.99. The van der Waals surface area contributed by atoms with E-state index >= 15 is 0 Å². The van der Waals surface area contributed by atoms with Crippen LogP contribution in [0.15, 0.2) is 18.2 Å². The molecule has 2 N–H and O–H groups in total. The molecule has 0 spiro atoms. The Morgan fingerprint density at radius 3 is 2.65 bits per heavy atom. The standard InChI is InChI=1S/C12H13NO7/c1-20-11(16)5-10(15)12(17)8-3-2-7(6-14)4-9(8)13(18)19/h2-4,6,10,12,15,17H,5H2,1H3. The van der Waals surface area contributed by atoms with Crippen molar-refractivity contribution >= 4 is 17.9 Å². The fourth-order valence-electron chi connectivity index (χ4n) is 1.62. The number of methoxy groups -OCH3 is 1. The first-order valence-electron chi connectivity index (χ1n) is 5.57. The normalized spacial score (nSPS) is 13.3. The zero-order valence-corrected chi connectivity index (χ0v) is 10.6. The Morgan fingerprint density at radius 1 is 1.50 bits per heavy atom. The highest BCUT2D eigenvalue weighted by atomic mass is 16.6. The second kappa shape index (κ2) is 6.73. The Labute approximate surface area is 113 Å². The maximum absolute atomic E-state index is 11.0. The van der Waals surface area contributed by atoms with Crippen molar-refractivity contribution in [3.05, 3.63) is 39.4 Å². The van der Waals surface area contributed by atoms with Gasteiger partial charge in [-0.3, -0.25) is 19.7 Å². The summed E-state index contributed by atoms with van der Waals surface area (Å²) in [7, 11) is 1.11. The fourth-order valence-corrected chi connectivity index (χ4v) is 1.62. The van der Waals surface area contributed by atoms with Crippen LogP contribution >= 0.6 is 0 Å². The molecule has 1 aromatic rings. The van der Waals surface area contributed by atoms with Gasteiger partial charge in [-0.15, -0.1) is 0 Å². The number of carbonyl (C=O) groups excluding carboxylic acids is 2. The topological polar surface area (TPSA) is 127 Å². The molecule has 2 unspecified atom stereocenters. The van der Waals surface area contributed by atoms with Crippen LogP contribution in [0.3, 0.4) is 0 Å². The van der Waals surface area contributed by atoms with Crippen LogP contribution in [-0.2, 0) is 9.53 Å². The van der Waals surface area contributed by atoms with E-state index in [0.29, 0.717) is 6.29 Å². The van der Waals surface area contributed by atoms with E-state index in [2.05, 4.69) is 4.74 Å². The highest BCUT2D eigenvalue weighted by molar-refractivity contribution is 5.76. The van der Waals surface area contributed by atoms with E-state index in [-0.39, 0.29) is 11.1 Å². The number of hydrogen-bond acceptors (Lipinski definition) is 7. The van der Waals surface area contributed by atoms with Gasteiger partial charge in [0.25, 0.3) is 5.69 Å². The molecule has 0 aliphatic heterocycles. The summed E-state index contributed by atoms with van der Waals surface area (Å²) in [6, 6.07) is 3.41. The zero-order valence-electron chi connectivity index (χ0n) is 10.6. The third-order valence-corrected chi connectivity index (χ3v) is 2.67. The van der Waals surface area contributed by atoms with E-state index in [9.17, 15) is 29.9 Å². The minimum atomic E-state index is -1.64. The highest BCUT2D eigenvalue weighted by Crippen LogP contribution is 2.29. The Morgan fingerprint density at radius 2 is 2.15 bits per heavy atom. The molecule has 2 atom stereocenters. The lowest BCUT2D eigenvalue weighted by Gasteiger charge is -2.17. The molecule has 0 aliphatic rings. The lowest BCUT2D eigenvalue weighted by atomic mass is 9.99. The molecule has 0 aliphatic carbocycles. The van der Waals surface area contributed by atoms with Crippen molar-refractivity contribution in [3.63, 3.8) is 0 Å². The summed E-state index contributed by atoms with van der Waals surface area (Å²) in [5.74, 6) is -0.760. The minimum absolute atomic E-state index is 0.0649. The first-order chi connectivity index (χ1) is 9.40. The molecule has 0 fully saturated rings. The van der Waals surface area contributed by atoms with E-state index in [1.54, 1.807) is 0 Å². The average Bonchev–Trinajstić information content (AvgIpc) is 2.45. The summed E-state index contributed by atoms with van der Waals surface area (Å²) in [4.78, 5) is 31.7. The maximum atomic E-state index is 11.0. The number of esters is 1. The lowest BCUT2D eigenvalue weighted by molar-refractivity contribution is -0.386. The van der Waals surface area contributed by atoms with Crippen LogP contribution in [0, 0.1) is 10.1 Å². The summed E-state index contributed by atoms with van der Waals surface area (Å²) in [6.45, 7) is 0. The molecule has 0 saturated carbocycles. The quantitative estimate of drug-likeness (QED) is 0.334. The van der Waals surface area contributed by atoms with E-state index in [4.69, 9.17) is 0 Å². The first kappa shape index (κ1) is 15.7. The van der Waals surface area contributed by atoms with Crippen molar-refractivity contribution in [1.29, 1.82) is 0 Å². The summed E-state index contributed by atoms with van der Waals surface area (Å²) in [5.41, 5.74) is -0.627. The van der Waals surface area contributed by atoms with Gasteiger partial charge in [0.1, 0.15) is 12.4 Å². The Kier molecular flexibility index (Phi) is 5.30. The summed E-state index contributed by atoms with van der Waals surface area (Å²) in [5, 5.41) is 30.4. The Balaban J connectivity index is 3.08. The van der Waals surface area contributed by atoms with Crippen molar-refractivity contribution in [2.24, 2.45) is 0 Å². The van der Waals surface area contributed by atoms with Gasteiger partial charge in [-0.05, 0) is 6.07 Å². The third kappa shape index (κ3) is 3.59. The van der Waals surface area contributed by atoms with Crippen LogP contribution in [0.4, 0.5) is 5.69 Å². The number of nitro benzene ring substituents is 1. The van der Waals surface area contributed by atoms with E-state index in [1.807, 2.05) is 0 Å². The van der Waals surface area contributed by atoms with Gasteiger partial charge < -0.3 is 14.9 Å². The molecule has 1 aromatic carbocycles. The zero-order chi connectivity index (χ0) is 15.3. The molecular formula is C12H13NO7. The van der Waals surface area contributed by atoms with Crippen LogP contribution in [0.1, 0.15) is 28.4 Å². The number of rotatable bonds is 6. The molecule has 0 bridgehead atoms. The van der Waals surface area contributed by atoms with Crippen LogP contribution in [-0.4, -0.2) is 40.6 Å². The number of aliphatic hydroxyl groups is 2. The lowest BCUT2D eigenvalue weighted by Crippen LogP contribution is -2.23. The summed E-state index contributed by atoms with van der Waals surface area (Å²) >= 11 is 0. The SMILES string of the molecule is COC(=O)CC(O)C(O)c1ccc(C=O)cc1[N+](=O)[O-]. The fraction of sp³-hybridized carbons (Fsp3) is 0.333. The predicted octanol–water partition coefficient (Wildman–Crippen LogP) is 0.365. The average molecular weight is 283 g/mol. The number of aldehydes is 1. The van der Waals surface area contributed by atoms with Crippen LogP contribution in [0.5, 0.6) is 0 Å². The largest absolute Gasteiger partial charge is 0.469 e. The first-order valence-corrected chi connectivity index (χ1v) is 5.57. The maximum Gasteiger partial charge on any atom is 0.308 e. The van der Waals surface area contributed by atoms with Crippen LogP contribution in [0.25, 0.3) is 0 Å². The Bertz CT molecular complexity index is 529. The number of hydrogen-bond donors (Lipinski definition) is 2. The molecule has 0 saturated heterocycles. The molecule has 0 amide bonds. The number of aliphatic hydroxyl groups excluding tert-OH is 2. The molecule has 108 valence electrons. The van der Waals surface area contributed by atoms with Crippen LogP contribution < -0.4 is 0 Å². The molecule has 1 rings (SSSR count). The predicted molar refractivity (Wildman–Crippen MR) is 66.1 cm³/mol. The van der Waals surface area contributed by atoms with Gasteiger partial charge in [-0.2, -0.15) is 0 Å². The molecule has 0 radical (unpaired) electrons. The molecular weight excluding hydrogens is 270 g/mol. The molecule has 0 heterocycles. The van der Waals surface area contributed by atoms with Crippen LogP contribution in [0.2, 0.25) is 0 Å². The van der Waals surface area contributed by atoms with Crippen molar-refractivity contribution in [2.45, 2.75) is 18.6 Å². The van der Waals surface area contributed by atoms with Crippen molar-refractivity contribution in [3.8, 4) is 0 Å². The van der Waals surface area contributed by atoms with Gasteiger partial charge in [0.15, 0.2) is 0 Å². The molecule has 20 heavy (non-hydrogen) atoms. The van der Waals surface area contributed by atoms with Crippen molar-refractivity contribution in [1.82, 2.24) is 0 Å². The van der Waals surface area contributed by atoms with E-state index in [0.717, 1.165) is 19.2 Å². The van der Waals surface area contributed by atoms with E-state index < -0.39 is 35.2 Å². The number of benzene rings is 1. The number of nitro groups is 1. The van der Waals surface area contributed by atoms with Crippen molar-refractivity contribution < 1.29 is 29.5 Å². The molecule has 8 heteroatoms. The van der Waals surface area contributed by atoms with Gasteiger partial charge in [0.2, 0.25) is 0 Å². The highest BCUT2D eigenvalue weighted by Gasteiger charge is 2.28. The number of carbonyl (C=O) groups is 2. The molecule has 0 aromatic heterocycles.